The minimum absolute atomic E-state index is 1.06. The van der Waals surface area contributed by atoms with Gasteiger partial charge in [0.25, 0.3) is 0 Å². The number of nitrogens with zero attached hydrogens (tertiary/aromatic N) is 3. The molecular weight excluding hydrogens is 290 g/mol. The van der Waals surface area contributed by atoms with Crippen LogP contribution in [-0.2, 0) is 6.42 Å². The van der Waals surface area contributed by atoms with Gasteiger partial charge >= 0.3 is 0 Å². The van der Waals surface area contributed by atoms with Crippen molar-refractivity contribution in [3.63, 3.8) is 0 Å². The fourth-order valence-electron chi connectivity index (χ4n) is 2.96. The molecule has 0 N–H and O–H groups in total. The first-order chi connectivity index (χ1) is 10.8. The van der Waals surface area contributed by atoms with E-state index in [4.69, 9.17) is 4.98 Å². The summed E-state index contributed by atoms with van der Waals surface area (Å²) in [5.41, 5.74) is 3.56. The third kappa shape index (κ3) is 2.48. The second kappa shape index (κ2) is 5.69. The summed E-state index contributed by atoms with van der Waals surface area (Å²) in [4.78, 5) is 11.7. The highest BCUT2D eigenvalue weighted by molar-refractivity contribution is 7.21. The molecule has 0 amide bonds. The largest absolute Gasteiger partial charge is 0.357 e. The minimum Gasteiger partial charge on any atom is -0.357 e. The SMILES string of the molecule is CCc1ccc2nc(-c3ccc(N4CCCC4)nc3)sc2c1. The number of aryl methyl sites for hydroxylation is 1. The van der Waals surface area contributed by atoms with Gasteiger partial charge in [-0.1, -0.05) is 13.0 Å². The molecule has 0 bridgehead atoms. The van der Waals surface area contributed by atoms with Crippen LogP contribution in [0.5, 0.6) is 0 Å². The predicted octanol–water partition coefficient (Wildman–Crippen LogP) is 4.52. The van der Waals surface area contributed by atoms with Crippen LogP contribution in [0.3, 0.4) is 0 Å². The van der Waals surface area contributed by atoms with Gasteiger partial charge in [-0.25, -0.2) is 9.97 Å². The molecule has 4 rings (SSSR count). The molecule has 1 aliphatic rings. The van der Waals surface area contributed by atoms with Crippen molar-refractivity contribution in [1.29, 1.82) is 0 Å². The number of aromatic nitrogens is 2. The lowest BCUT2D eigenvalue weighted by atomic mass is 10.2. The summed E-state index contributed by atoms with van der Waals surface area (Å²) < 4.78 is 1.26. The van der Waals surface area contributed by atoms with Crippen molar-refractivity contribution in [3.05, 3.63) is 42.1 Å². The summed E-state index contributed by atoms with van der Waals surface area (Å²) in [6.07, 6.45) is 5.59. The topological polar surface area (TPSA) is 29.0 Å². The third-order valence-electron chi connectivity index (χ3n) is 4.29. The summed E-state index contributed by atoms with van der Waals surface area (Å²) in [6.45, 7) is 4.45. The molecule has 1 aromatic carbocycles. The second-order valence-electron chi connectivity index (χ2n) is 5.77. The highest BCUT2D eigenvalue weighted by atomic mass is 32.1. The molecule has 0 atom stereocenters. The number of anilines is 1. The van der Waals surface area contributed by atoms with E-state index in [0.717, 1.165) is 41.4 Å². The van der Waals surface area contributed by atoms with Gasteiger partial charge in [-0.05, 0) is 49.1 Å². The molecular formula is C18H19N3S. The van der Waals surface area contributed by atoms with Gasteiger partial charge in [-0.15, -0.1) is 11.3 Å². The van der Waals surface area contributed by atoms with Crippen molar-refractivity contribution < 1.29 is 0 Å². The molecule has 112 valence electrons. The lowest BCUT2D eigenvalue weighted by Gasteiger charge is -2.15. The average Bonchev–Trinajstić information content (AvgIpc) is 3.23. The maximum absolute atomic E-state index is 4.75. The van der Waals surface area contributed by atoms with Crippen LogP contribution in [-0.4, -0.2) is 23.1 Å². The molecule has 1 aliphatic heterocycles. The maximum Gasteiger partial charge on any atom is 0.128 e. The lowest BCUT2D eigenvalue weighted by molar-refractivity contribution is 0.938. The van der Waals surface area contributed by atoms with Crippen molar-refractivity contribution in [2.75, 3.05) is 18.0 Å². The van der Waals surface area contributed by atoms with Crippen LogP contribution in [0.2, 0.25) is 0 Å². The molecule has 0 spiro atoms. The molecule has 4 heteroatoms. The smallest absolute Gasteiger partial charge is 0.128 e. The Hall–Kier alpha value is -1.94. The molecule has 3 nitrogen and oxygen atoms in total. The van der Waals surface area contributed by atoms with E-state index in [9.17, 15) is 0 Å². The van der Waals surface area contributed by atoms with E-state index in [1.807, 2.05) is 6.20 Å². The van der Waals surface area contributed by atoms with Gasteiger partial charge in [0.2, 0.25) is 0 Å². The Balaban J connectivity index is 1.66. The van der Waals surface area contributed by atoms with Crippen molar-refractivity contribution in [1.82, 2.24) is 9.97 Å². The highest BCUT2D eigenvalue weighted by Gasteiger charge is 2.14. The second-order valence-corrected chi connectivity index (χ2v) is 6.80. The maximum atomic E-state index is 4.75. The van der Waals surface area contributed by atoms with Crippen molar-refractivity contribution in [3.8, 4) is 10.6 Å². The van der Waals surface area contributed by atoms with Crippen LogP contribution >= 0.6 is 11.3 Å². The van der Waals surface area contributed by atoms with Crippen molar-refractivity contribution >= 4 is 27.4 Å². The summed E-state index contributed by atoms with van der Waals surface area (Å²) in [5, 5.41) is 1.06. The minimum atomic E-state index is 1.06. The van der Waals surface area contributed by atoms with Gasteiger partial charge in [0.15, 0.2) is 0 Å². The van der Waals surface area contributed by atoms with E-state index in [-0.39, 0.29) is 0 Å². The number of hydrogen-bond acceptors (Lipinski definition) is 4. The van der Waals surface area contributed by atoms with Crippen LogP contribution in [0.25, 0.3) is 20.8 Å². The van der Waals surface area contributed by atoms with Gasteiger partial charge in [0.05, 0.1) is 10.2 Å². The van der Waals surface area contributed by atoms with Crippen LogP contribution in [0.4, 0.5) is 5.82 Å². The van der Waals surface area contributed by atoms with Crippen LogP contribution in [0, 0.1) is 0 Å². The van der Waals surface area contributed by atoms with E-state index in [0.29, 0.717) is 0 Å². The average molecular weight is 309 g/mol. The first kappa shape index (κ1) is 13.7. The molecule has 0 radical (unpaired) electrons. The van der Waals surface area contributed by atoms with Crippen LogP contribution in [0.1, 0.15) is 25.3 Å². The van der Waals surface area contributed by atoms with Gasteiger partial charge in [-0.2, -0.15) is 0 Å². The molecule has 0 saturated carbocycles. The van der Waals surface area contributed by atoms with E-state index in [2.05, 4.69) is 47.1 Å². The third-order valence-corrected chi connectivity index (χ3v) is 5.35. The molecule has 22 heavy (non-hydrogen) atoms. The number of rotatable bonds is 3. The predicted molar refractivity (Wildman–Crippen MR) is 93.7 cm³/mol. The molecule has 0 aliphatic carbocycles. The molecule has 1 fully saturated rings. The first-order valence-electron chi connectivity index (χ1n) is 7.94. The lowest BCUT2D eigenvalue weighted by Crippen LogP contribution is -2.18. The zero-order chi connectivity index (χ0) is 14.9. The summed E-state index contributed by atoms with van der Waals surface area (Å²) in [7, 11) is 0. The zero-order valence-corrected chi connectivity index (χ0v) is 13.6. The van der Waals surface area contributed by atoms with Crippen molar-refractivity contribution in [2.45, 2.75) is 26.2 Å². The fraction of sp³-hybridized carbons (Fsp3) is 0.333. The van der Waals surface area contributed by atoms with E-state index in [1.165, 1.54) is 23.1 Å². The number of thiazole rings is 1. The van der Waals surface area contributed by atoms with Gasteiger partial charge in [0, 0.05) is 24.8 Å². The fourth-order valence-corrected chi connectivity index (χ4v) is 3.98. The molecule has 2 aromatic heterocycles. The normalized spacial score (nSPS) is 14.9. The van der Waals surface area contributed by atoms with Gasteiger partial charge in [-0.3, -0.25) is 0 Å². The molecule has 1 saturated heterocycles. The number of fused-ring (bicyclic) bond motifs is 1. The Bertz CT molecular complexity index is 786. The van der Waals surface area contributed by atoms with Crippen LogP contribution in [0.15, 0.2) is 36.5 Å². The Kier molecular flexibility index (Phi) is 3.54. The monoisotopic (exact) mass is 309 g/mol. The molecule has 3 aromatic rings. The number of benzene rings is 1. The first-order valence-corrected chi connectivity index (χ1v) is 8.76. The Labute approximate surface area is 134 Å². The van der Waals surface area contributed by atoms with Gasteiger partial charge in [0.1, 0.15) is 10.8 Å². The van der Waals surface area contributed by atoms with Gasteiger partial charge < -0.3 is 4.90 Å². The quantitative estimate of drug-likeness (QED) is 0.712. The number of hydrogen-bond donors (Lipinski definition) is 0. The Morgan fingerprint density at radius 2 is 2.00 bits per heavy atom. The van der Waals surface area contributed by atoms with E-state index < -0.39 is 0 Å². The summed E-state index contributed by atoms with van der Waals surface area (Å²) in [5.74, 6) is 1.09. The van der Waals surface area contributed by atoms with Crippen molar-refractivity contribution in [2.24, 2.45) is 0 Å². The summed E-state index contributed by atoms with van der Waals surface area (Å²) >= 11 is 1.75. The number of pyridine rings is 1. The molecule has 3 heterocycles. The van der Waals surface area contributed by atoms with E-state index in [1.54, 1.807) is 11.3 Å². The Morgan fingerprint density at radius 3 is 2.73 bits per heavy atom. The zero-order valence-electron chi connectivity index (χ0n) is 12.7. The highest BCUT2D eigenvalue weighted by Crippen LogP contribution is 2.31. The summed E-state index contributed by atoms with van der Waals surface area (Å²) in [6, 6.07) is 10.8. The standard InChI is InChI=1S/C18H19N3S/c1-2-13-5-7-15-16(11-13)22-18(20-15)14-6-8-17(19-12-14)21-9-3-4-10-21/h5-8,11-12H,2-4,9-10H2,1H3. The van der Waals surface area contributed by atoms with Crippen LogP contribution < -0.4 is 4.90 Å². The Morgan fingerprint density at radius 1 is 1.14 bits per heavy atom. The van der Waals surface area contributed by atoms with E-state index >= 15 is 0 Å². The molecule has 0 unspecified atom stereocenters.